The van der Waals surface area contributed by atoms with Crippen LogP contribution in [0.4, 0.5) is 0 Å². The third kappa shape index (κ3) is 6.49. The zero-order chi connectivity index (χ0) is 10.8. The summed E-state index contributed by atoms with van der Waals surface area (Å²) in [5, 5.41) is 3.50. The highest BCUT2D eigenvalue weighted by Crippen LogP contribution is 2.12. The summed E-state index contributed by atoms with van der Waals surface area (Å²) in [6, 6.07) is 0. The summed E-state index contributed by atoms with van der Waals surface area (Å²) in [6.07, 6.45) is 4.16. The van der Waals surface area contributed by atoms with Crippen LogP contribution < -0.4 is 0 Å². The zero-order valence-corrected chi connectivity index (χ0v) is 9.07. The minimum absolute atomic E-state index is 0.232. The molecule has 4 heteroatoms. The van der Waals surface area contributed by atoms with Gasteiger partial charge >= 0.3 is 0 Å². The molecule has 0 aliphatic rings. The van der Waals surface area contributed by atoms with Crippen molar-refractivity contribution in [3.63, 3.8) is 0 Å². The van der Waals surface area contributed by atoms with Gasteiger partial charge in [0.05, 0.1) is 0 Å². The first-order valence-electron chi connectivity index (χ1n) is 5.27. The molecule has 0 fully saturated rings. The smallest absolute Gasteiger partial charge is 0.133 e. The molecule has 0 saturated heterocycles. The second-order valence-corrected chi connectivity index (χ2v) is 3.53. The van der Waals surface area contributed by atoms with Gasteiger partial charge < -0.3 is 0 Å². The van der Waals surface area contributed by atoms with E-state index in [1.807, 2.05) is 6.92 Å². The lowest BCUT2D eigenvalue weighted by molar-refractivity contribution is -0.120. The number of hydrogen-bond donors (Lipinski definition) is 0. The first-order chi connectivity index (χ1) is 6.74. The molecule has 0 bridgehead atoms. The molecule has 0 N–H and O–H groups in total. The Labute approximate surface area is 85.3 Å². The van der Waals surface area contributed by atoms with Crippen molar-refractivity contribution < 1.29 is 4.79 Å². The molecule has 0 aromatic carbocycles. The van der Waals surface area contributed by atoms with Gasteiger partial charge in [0, 0.05) is 24.3 Å². The van der Waals surface area contributed by atoms with Crippen LogP contribution in [0.2, 0.25) is 0 Å². The molecule has 0 rings (SSSR count). The molecule has 4 nitrogen and oxygen atoms in total. The first-order valence-corrected chi connectivity index (χ1v) is 5.27. The number of hydrogen-bond acceptors (Lipinski definition) is 2. The maximum Gasteiger partial charge on any atom is 0.133 e. The van der Waals surface area contributed by atoms with Crippen LogP contribution in [0.15, 0.2) is 5.11 Å². The Hall–Kier alpha value is -1.02. The standard InChI is InChI=1S/C10H19N3O/c1-3-5-6-10(14)7-9(4-2)8-12-13-11/h9H,3-8H2,1-2H3. The van der Waals surface area contributed by atoms with E-state index < -0.39 is 0 Å². The quantitative estimate of drug-likeness (QED) is 0.334. The molecule has 0 spiro atoms. The van der Waals surface area contributed by atoms with E-state index in [1.165, 1.54) is 0 Å². The number of Topliss-reactive ketones (excluding diaryl/α,β-unsaturated/α-hetero) is 1. The molecule has 0 aliphatic carbocycles. The van der Waals surface area contributed by atoms with E-state index in [1.54, 1.807) is 0 Å². The maximum atomic E-state index is 11.4. The van der Waals surface area contributed by atoms with Gasteiger partial charge in [0.25, 0.3) is 0 Å². The van der Waals surface area contributed by atoms with Gasteiger partial charge in [0.1, 0.15) is 5.78 Å². The summed E-state index contributed by atoms with van der Waals surface area (Å²) >= 11 is 0. The predicted octanol–water partition coefficient (Wildman–Crippen LogP) is 3.47. The maximum absolute atomic E-state index is 11.4. The van der Waals surface area contributed by atoms with E-state index >= 15 is 0 Å². The lowest BCUT2D eigenvalue weighted by Crippen LogP contribution is -2.10. The summed E-state index contributed by atoms with van der Waals surface area (Å²) in [5.41, 5.74) is 8.16. The molecule has 0 radical (unpaired) electrons. The first kappa shape index (κ1) is 13.0. The minimum Gasteiger partial charge on any atom is -0.300 e. The Balaban J connectivity index is 3.79. The van der Waals surface area contributed by atoms with Gasteiger partial charge in [-0.3, -0.25) is 4.79 Å². The number of carbonyl (C=O) groups is 1. The van der Waals surface area contributed by atoms with Gasteiger partial charge in [0.2, 0.25) is 0 Å². The van der Waals surface area contributed by atoms with Crippen molar-refractivity contribution in [1.82, 2.24) is 0 Å². The Morgan fingerprint density at radius 1 is 1.50 bits per heavy atom. The third-order valence-electron chi connectivity index (χ3n) is 2.31. The van der Waals surface area contributed by atoms with Crippen molar-refractivity contribution in [1.29, 1.82) is 0 Å². The summed E-state index contributed by atoms with van der Waals surface area (Å²) < 4.78 is 0. The predicted molar refractivity (Wildman–Crippen MR) is 56.9 cm³/mol. The van der Waals surface area contributed by atoms with Crippen LogP contribution in [0, 0.1) is 5.92 Å². The van der Waals surface area contributed by atoms with Crippen LogP contribution in [0.1, 0.15) is 46.0 Å². The molecule has 1 atom stereocenters. The van der Waals surface area contributed by atoms with Crippen LogP contribution >= 0.6 is 0 Å². The molecule has 14 heavy (non-hydrogen) atoms. The second kappa shape index (κ2) is 8.57. The van der Waals surface area contributed by atoms with Crippen LogP contribution in [0.5, 0.6) is 0 Å². The highest BCUT2D eigenvalue weighted by Gasteiger charge is 2.10. The average Bonchev–Trinajstić information content (AvgIpc) is 2.21. The van der Waals surface area contributed by atoms with Crippen LogP contribution in [0.3, 0.4) is 0 Å². The molecule has 0 saturated carbocycles. The van der Waals surface area contributed by atoms with Crippen LogP contribution in [-0.2, 0) is 4.79 Å². The largest absolute Gasteiger partial charge is 0.300 e. The fraction of sp³-hybridized carbons (Fsp3) is 0.900. The molecule has 0 aromatic rings. The number of unbranched alkanes of at least 4 members (excludes halogenated alkanes) is 1. The van der Waals surface area contributed by atoms with Crippen molar-refractivity contribution in [3.05, 3.63) is 10.4 Å². The van der Waals surface area contributed by atoms with E-state index in [4.69, 9.17) is 5.53 Å². The molecule has 80 valence electrons. The van der Waals surface area contributed by atoms with Crippen molar-refractivity contribution in [2.24, 2.45) is 11.0 Å². The van der Waals surface area contributed by atoms with E-state index in [2.05, 4.69) is 16.9 Å². The van der Waals surface area contributed by atoms with Gasteiger partial charge in [-0.25, -0.2) is 0 Å². The Morgan fingerprint density at radius 3 is 2.71 bits per heavy atom. The molecular weight excluding hydrogens is 178 g/mol. The third-order valence-corrected chi connectivity index (χ3v) is 2.31. The van der Waals surface area contributed by atoms with Gasteiger partial charge in [-0.15, -0.1) is 0 Å². The van der Waals surface area contributed by atoms with Crippen molar-refractivity contribution in [2.45, 2.75) is 46.0 Å². The van der Waals surface area contributed by atoms with Crippen molar-refractivity contribution in [3.8, 4) is 0 Å². The summed E-state index contributed by atoms with van der Waals surface area (Å²) in [4.78, 5) is 14.1. The summed E-state index contributed by atoms with van der Waals surface area (Å²) in [7, 11) is 0. The lowest BCUT2D eigenvalue weighted by atomic mass is 9.97. The molecule has 1 unspecified atom stereocenters. The van der Waals surface area contributed by atoms with Gasteiger partial charge in [-0.05, 0) is 17.9 Å². The lowest BCUT2D eigenvalue weighted by Gasteiger charge is -2.09. The van der Waals surface area contributed by atoms with Gasteiger partial charge in [0.15, 0.2) is 0 Å². The van der Waals surface area contributed by atoms with E-state index in [0.29, 0.717) is 25.2 Å². The highest BCUT2D eigenvalue weighted by molar-refractivity contribution is 5.78. The Bertz CT molecular complexity index is 209. The summed E-state index contributed by atoms with van der Waals surface area (Å²) in [6.45, 7) is 4.54. The fourth-order valence-electron chi connectivity index (χ4n) is 1.29. The number of nitrogens with zero attached hydrogens (tertiary/aromatic N) is 3. The molecule has 0 amide bonds. The van der Waals surface area contributed by atoms with E-state index in [-0.39, 0.29) is 5.92 Å². The molecule has 0 heterocycles. The Kier molecular flexibility index (Phi) is 7.95. The van der Waals surface area contributed by atoms with Crippen molar-refractivity contribution >= 4 is 5.78 Å². The zero-order valence-electron chi connectivity index (χ0n) is 9.07. The molecule has 0 aliphatic heterocycles. The van der Waals surface area contributed by atoms with E-state index in [0.717, 1.165) is 19.3 Å². The number of carbonyl (C=O) groups excluding carboxylic acids is 1. The minimum atomic E-state index is 0.232. The monoisotopic (exact) mass is 197 g/mol. The Morgan fingerprint density at radius 2 is 2.21 bits per heavy atom. The average molecular weight is 197 g/mol. The topological polar surface area (TPSA) is 65.8 Å². The normalized spacial score (nSPS) is 11.9. The van der Waals surface area contributed by atoms with Gasteiger partial charge in [-0.1, -0.05) is 31.8 Å². The van der Waals surface area contributed by atoms with Crippen LogP contribution in [-0.4, -0.2) is 12.3 Å². The number of azide groups is 1. The van der Waals surface area contributed by atoms with Gasteiger partial charge in [-0.2, -0.15) is 0 Å². The fourth-order valence-corrected chi connectivity index (χ4v) is 1.29. The molecular formula is C10H19N3O. The van der Waals surface area contributed by atoms with Crippen LogP contribution in [0.25, 0.3) is 10.4 Å². The number of ketones is 1. The second-order valence-electron chi connectivity index (χ2n) is 3.53. The van der Waals surface area contributed by atoms with E-state index in [9.17, 15) is 4.79 Å². The van der Waals surface area contributed by atoms with Crippen molar-refractivity contribution in [2.75, 3.05) is 6.54 Å². The SMILES string of the molecule is CCCCC(=O)CC(CC)CN=[N+]=[N-]. The summed E-state index contributed by atoms with van der Waals surface area (Å²) in [5.74, 6) is 0.530. The number of rotatable bonds is 8. The molecule has 0 aromatic heterocycles. The highest BCUT2D eigenvalue weighted by atomic mass is 16.1.